The normalized spacial score (nSPS) is 10.9. The SMILES string of the molecule is C1=Cc2ccccc2CCN1.Cl.Cl.O.O. The molecule has 1 aliphatic rings. The predicted octanol–water partition coefficient (Wildman–Crippen LogP) is 0.997. The largest absolute Gasteiger partial charge is 0.412 e. The highest BCUT2D eigenvalue weighted by Gasteiger charge is 1.99. The van der Waals surface area contributed by atoms with Crippen molar-refractivity contribution in [2.45, 2.75) is 6.42 Å². The zero-order valence-electron chi connectivity index (χ0n) is 8.19. The van der Waals surface area contributed by atoms with Crippen LogP contribution in [0.25, 0.3) is 6.08 Å². The molecule has 0 spiro atoms. The second-order valence-corrected chi connectivity index (χ2v) is 2.74. The summed E-state index contributed by atoms with van der Waals surface area (Å²) < 4.78 is 0. The summed E-state index contributed by atoms with van der Waals surface area (Å²) in [5.74, 6) is 0. The van der Waals surface area contributed by atoms with Crippen molar-refractivity contribution in [1.82, 2.24) is 5.32 Å². The maximum absolute atomic E-state index is 3.21. The van der Waals surface area contributed by atoms with Crippen LogP contribution in [0.5, 0.6) is 0 Å². The average Bonchev–Trinajstić information content (AvgIpc) is 2.28. The van der Waals surface area contributed by atoms with E-state index in [1.807, 2.05) is 6.20 Å². The molecule has 0 saturated heterocycles. The van der Waals surface area contributed by atoms with Crippen molar-refractivity contribution in [3.8, 4) is 0 Å². The first-order valence-corrected chi connectivity index (χ1v) is 3.95. The molecule has 88 valence electrons. The van der Waals surface area contributed by atoms with Crippen LogP contribution in [0.4, 0.5) is 0 Å². The van der Waals surface area contributed by atoms with Gasteiger partial charge in [0.1, 0.15) is 0 Å². The molecule has 5 heteroatoms. The van der Waals surface area contributed by atoms with Gasteiger partial charge in [-0.2, -0.15) is 0 Å². The maximum atomic E-state index is 3.21. The molecule has 0 saturated carbocycles. The van der Waals surface area contributed by atoms with E-state index in [1.165, 1.54) is 11.1 Å². The number of benzene rings is 1. The topological polar surface area (TPSA) is 75.0 Å². The Morgan fingerprint density at radius 2 is 1.67 bits per heavy atom. The maximum Gasteiger partial charge on any atom is 0.0182 e. The summed E-state index contributed by atoms with van der Waals surface area (Å²) in [6, 6.07) is 8.51. The highest BCUT2D eigenvalue weighted by molar-refractivity contribution is 5.85. The Bertz CT molecular complexity index is 293. The fraction of sp³-hybridized carbons (Fsp3) is 0.200. The van der Waals surface area contributed by atoms with Gasteiger partial charge in [-0.1, -0.05) is 24.3 Å². The van der Waals surface area contributed by atoms with Crippen LogP contribution in [-0.2, 0) is 6.42 Å². The molecular weight excluding hydrogens is 237 g/mol. The molecule has 5 N–H and O–H groups in total. The van der Waals surface area contributed by atoms with Gasteiger partial charge in [-0.15, -0.1) is 24.8 Å². The second-order valence-electron chi connectivity index (χ2n) is 2.74. The summed E-state index contributed by atoms with van der Waals surface area (Å²) in [4.78, 5) is 0. The van der Waals surface area contributed by atoms with Crippen molar-refractivity contribution in [2.24, 2.45) is 0 Å². The molecule has 0 amide bonds. The van der Waals surface area contributed by atoms with Crippen LogP contribution in [-0.4, -0.2) is 17.5 Å². The Morgan fingerprint density at radius 3 is 2.40 bits per heavy atom. The van der Waals surface area contributed by atoms with Gasteiger partial charge in [0.2, 0.25) is 0 Å². The minimum Gasteiger partial charge on any atom is -0.412 e. The van der Waals surface area contributed by atoms with Crippen molar-refractivity contribution < 1.29 is 11.0 Å². The molecule has 1 aromatic rings. The molecule has 0 aromatic heterocycles. The Labute approximate surface area is 102 Å². The third-order valence-corrected chi connectivity index (χ3v) is 1.97. The van der Waals surface area contributed by atoms with E-state index in [1.54, 1.807) is 0 Å². The summed E-state index contributed by atoms with van der Waals surface area (Å²) >= 11 is 0. The van der Waals surface area contributed by atoms with Crippen molar-refractivity contribution in [2.75, 3.05) is 6.54 Å². The molecule has 0 radical (unpaired) electrons. The summed E-state index contributed by atoms with van der Waals surface area (Å²) in [6.45, 7) is 1.05. The standard InChI is InChI=1S/C10H11N.2ClH.2H2O/c1-2-4-10-6-8-11-7-5-9(10)3-1;;;;/h1-5,7,11H,6,8H2;2*1H;2*1H2. The summed E-state index contributed by atoms with van der Waals surface area (Å²) in [6.07, 6.45) is 5.28. The quantitative estimate of drug-likeness (QED) is 0.736. The molecule has 0 bridgehead atoms. The lowest BCUT2D eigenvalue weighted by molar-refractivity contribution is 0.823. The Morgan fingerprint density at radius 1 is 1.00 bits per heavy atom. The van der Waals surface area contributed by atoms with Crippen LogP contribution >= 0.6 is 24.8 Å². The number of hydrogen-bond donors (Lipinski definition) is 1. The van der Waals surface area contributed by atoms with E-state index in [9.17, 15) is 0 Å². The fourth-order valence-corrected chi connectivity index (χ4v) is 1.36. The summed E-state index contributed by atoms with van der Waals surface area (Å²) in [7, 11) is 0. The van der Waals surface area contributed by atoms with Crippen molar-refractivity contribution in [3.63, 3.8) is 0 Å². The van der Waals surface area contributed by atoms with Crippen LogP contribution in [0.3, 0.4) is 0 Å². The van der Waals surface area contributed by atoms with Gasteiger partial charge >= 0.3 is 0 Å². The van der Waals surface area contributed by atoms with Crippen molar-refractivity contribution in [1.29, 1.82) is 0 Å². The van der Waals surface area contributed by atoms with Gasteiger partial charge in [0, 0.05) is 6.54 Å². The molecule has 2 rings (SSSR count). The smallest absolute Gasteiger partial charge is 0.0182 e. The van der Waals surface area contributed by atoms with Crippen LogP contribution in [0.2, 0.25) is 0 Å². The number of rotatable bonds is 0. The zero-order chi connectivity index (χ0) is 7.52. The third-order valence-electron chi connectivity index (χ3n) is 1.97. The molecule has 1 aliphatic heterocycles. The monoisotopic (exact) mass is 253 g/mol. The Kier molecular flexibility index (Phi) is 12.9. The van der Waals surface area contributed by atoms with Crippen LogP contribution < -0.4 is 5.32 Å². The van der Waals surface area contributed by atoms with Gasteiger partial charge in [0.25, 0.3) is 0 Å². The molecule has 1 heterocycles. The molecule has 0 aliphatic carbocycles. The summed E-state index contributed by atoms with van der Waals surface area (Å²) in [5, 5.41) is 3.21. The van der Waals surface area contributed by atoms with Gasteiger partial charge in [-0.3, -0.25) is 0 Å². The minimum absolute atomic E-state index is 0. The van der Waals surface area contributed by atoms with Gasteiger partial charge in [-0.25, -0.2) is 0 Å². The highest BCUT2D eigenvalue weighted by atomic mass is 35.5. The minimum atomic E-state index is 0. The zero-order valence-corrected chi connectivity index (χ0v) is 9.83. The lowest BCUT2D eigenvalue weighted by atomic mass is 10.1. The predicted molar refractivity (Wildman–Crippen MR) is 68.9 cm³/mol. The first-order chi connectivity index (χ1) is 5.47. The summed E-state index contributed by atoms with van der Waals surface area (Å²) in [5.41, 5.74) is 2.78. The van der Waals surface area contributed by atoms with Gasteiger partial charge in [-0.05, 0) is 29.8 Å². The van der Waals surface area contributed by atoms with E-state index in [0.29, 0.717) is 0 Å². The first kappa shape index (κ1) is 19.8. The van der Waals surface area contributed by atoms with Crippen LogP contribution in [0, 0.1) is 0 Å². The van der Waals surface area contributed by atoms with Gasteiger partial charge in [0.05, 0.1) is 0 Å². The van der Waals surface area contributed by atoms with E-state index in [0.717, 1.165) is 13.0 Å². The second kappa shape index (κ2) is 9.80. The average molecular weight is 254 g/mol. The highest BCUT2D eigenvalue weighted by Crippen LogP contribution is 2.12. The molecule has 0 fully saturated rings. The molecule has 1 aromatic carbocycles. The van der Waals surface area contributed by atoms with E-state index in [4.69, 9.17) is 0 Å². The van der Waals surface area contributed by atoms with Crippen LogP contribution in [0.1, 0.15) is 11.1 Å². The molecule has 0 atom stereocenters. The molecule has 15 heavy (non-hydrogen) atoms. The fourth-order valence-electron chi connectivity index (χ4n) is 1.36. The van der Waals surface area contributed by atoms with Gasteiger partial charge in [0.15, 0.2) is 0 Å². The Balaban J connectivity index is -0.000000360. The van der Waals surface area contributed by atoms with Crippen molar-refractivity contribution >= 4 is 30.9 Å². The molecule has 0 unspecified atom stereocenters. The Hall–Kier alpha value is -0.740. The third kappa shape index (κ3) is 5.04. The number of hydrogen-bond acceptors (Lipinski definition) is 1. The van der Waals surface area contributed by atoms with E-state index in [2.05, 4.69) is 35.7 Å². The van der Waals surface area contributed by atoms with E-state index >= 15 is 0 Å². The van der Waals surface area contributed by atoms with Crippen molar-refractivity contribution in [3.05, 3.63) is 41.6 Å². The lowest BCUT2D eigenvalue weighted by Gasteiger charge is -2.00. The van der Waals surface area contributed by atoms with Gasteiger partial charge < -0.3 is 16.3 Å². The van der Waals surface area contributed by atoms with Crippen LogP contribution in [0.15, 0.2) is 30.5 Å². The number of fused-ring (bicyclic) bond motifs is 1. The number of halogens is 2. The first-order valence-electron chi connectivity index (χ1n) is 3.95. The van der Waals surface area contributed by atoms with E-state index < -0.39 is 0 Å². The number of nitrogens with one attached hydrogen (secondary N) is 1. The molecular formula is C10H17Cl2NO2. The lowest BCUT2D eigenvalue weighted by Crippen LogP contribution is -2.07. The van der Waals surface area contributed by atoms with E-state index in [-0.39, 0.29) is 35.8 Å². The molecule has 3 nitrogen and oxygen atoms in total.